The van der Waals surface area contributed by atoms with Crippen molar-refractivity contribution in [1.82, 2.24) is 19.7 Å². The summed E-state index contributed by atoms with van der Waals surface area (Å²) < 4.78 is 0. The molecule has 3 heterocycles. The SMILES string of the molecule is Cc1ccccc1[C@H]1[C@@H]2CN(C(=O)c3cncs3)C[C@@H]2CN1C(=O)CN(C)C. The normalized spacial score (nSPS) is 24.1. The molecule has 0 N–H and O–H groups in total. The van der Waals surface area contributed by atoms with Gasteiger partial charge in [-0.1, -0.05) is 24.3 Å². The highest BCUT2D eigenvalue weighted by Crippen LogP contribution is 2.46. The second-order valence-corrected chi connectivity index (χ2v) is 8.97. The number of carbonyl (C=O) groups is 2. The van der Waals surface area contributed by atoms with Crippen molar-refractivity contribution >= 4 is 23.2 Å². The number of likely N-dealkylation sites (tertiary alicyclic amines) is 2. The summed E-state index contributed by atoms with van der Waals surface area (Å²) in [6.45, 7) is 4.61. The van der Waals surface area contributed by atoms with Gasteiger partial charge in [0.2, 0.25) is 5.91 Å². The Balaban J connectivity index is 1.62. The van der Waals surface area contributed by atoms with Gasteiger partial charge in [0, 0.05) is 31.5 Å². The summed E-state index contributed by atoms with van der Waals surface area (Å²) in [6, 6.07) is 8.33. The van der Waals surface area contributed by atoms with E-state index < -0.39 is 0 Å². The predicted octanol–water partition coefficient (Wildman–Crippen LogP) is 2.28. The van der Waals surface area contributed by atoms with Crippen molar-refractivity contribution in [3.05, 3.63) is 52.0 Å². The topological polar surface area (TPSA) is 56.8 Å². The molecular formula is C21H26N4O2S. The van der Waals surface area contributed by atoms with Crippen molar-refractivity contribution in [2.24, 2.45) is 11.8 Å². The van der Waals surface area contributed by atoms with Crippen LogP contribution in [0.5, 0.6) is 0 Å². The number of amides is 2. The lowest BCUT2D eigenvalue weighted by molar-refractivity contribution is -0.133. The maximum absolute atomic E-state index is 13.0. The van der Waals surface area contributed by atoms with Crippen molar-refractivity contribution in [2.75, 3.05) is 40.3 Å². The van der Waals surface area contributed by atoms with Gasteiger partial charge in [-0.25, -0.2) is 0 Å². The molecule has 2 aliphatic rings. The summed E-state index contributed by atoms with van der Waals surface area (Å²) in [4.78, 5) is 36.4. The Morgan fingerprint density at radius 1 is 1.21 bits per heavy atom. The molecule has 2 amide bonds. The van der Waals surface area contributed by atoms with Crippen LogP contribution in [0.2, 0.25) is 0 Å². The molecule has 0 aliphatic carbocycles. The number of thiazole rings is 1. The largest absolute Gasteiger partial charge is 0.337 e. The minimum Gasteiger partial charge on any atom is -0.337 e. The molecule has 148 valence electrons. The fraction of sp³-hybridized carbons (Fsp3) is 0.476. The van der Waals surface area contributed by atoms with Crippen LogP contribution in [0, 0.1) is 18.8 Å². The van der Waals surface area contributed by atoms with Crippen molar-refractivity contribution in [3.8, 4) is 0 Å². The number of carbonyl (C=O) groups excluding carboxylic acids is 2. The molecule has 7 heteroatoms. The van der Waals surface area contributed by atoms with Crippen LogP contribution in [-0.4, -0.2) is 71.8 Å². The number of likely N-dealkylation sites (N-methyl/N-ethyl adjacent to an activating group) is 1. The lowest BCUT2D eigenvalue weighted by Gasteiger charge is -2.31. The van der Waals surface area contributed by atoms with Gasteiger partial charge in [-0.15, -0.1) is 11.3 Å². The van der Waals surface area contributed by atoms with Gasteiger partial charge in [0.1, 0.15) is 4.88 Å². The third-order valence-corrected chi connectivity index (χ3v) is 6.63. The molecule has 0 radical (unpaired) electrons. The molecule has 3 atom stereocenters. The number of rotatable bonds is 4. The summed E-state index contributed by atoms with van der Waals surface area (Å²) >= 11 is 1.39. The molecule has 2 saturated heterocycles. The van der Waals surface area contributed by atoms with E-state index in [1.165, 1.54) is 22.5 Å². The number of nitrogens with zero attached hydrogens (tertiary/aromatic N) is 4. The maximum atomic E-state index is 13.0. The number of benzene rings is 1. The van der Waals surface area contributed by atoms with Crippen LogP contribution >= 0.6 is 11.3 Å². The number of hydrogen-bond acceptors (Lipinski definition) is 5. The molecule has 0 unspecified atom stereocenters. The molecule has 0 spiro atoms. The summed E-state index contributed by atoms with van der Waals surface area (Å²) in [5.74, 6) is 0.802. The molecule has 28 heavy (non-hydrogen) atoms. The molecule has 1 aromatic heterocycles. The zero-order valence-electron chi connectivity index (χ0n) is 16.5. The van der Waals surface area contributed by atoms with Crippen LogP contribution in [0.25, 0.3) is 0 Å². The van der Waals surface area contributed by atoms with Gasteiger partial charge in [0.15, 0.2) is 0 Å². The Hall–Kier alpha value is -2.25. The summed E-state index contributed by atoms with van der Waals surface area (Å²) in [5.41, 5.74) is 4.10. The Bertz CT molecular complexity index is 867. The van der Waals surface area contributed by atoms with E-state index in [4.69, 9.17) is 0 Å². The van der Waals surface area contributed by atoms with Gasteiger partial charge in [-0.3, -0.25) is 14.6 Å². The molecule has 4 rings (SSSR count). The third-order valence-electron chi connectivity index (χ3n) is 5.87. The first-order chi connectivity index (χ1) is 13.5. The minimum absolute atomic E-state index is 0.0258. The Morgan fingerprint density at radius 2 is 2.00 bits per heavy atom. The first-order valence-corrected chi connectivity index (χ1v) is 10.5. The molecule has 2 aliphatic heterocycles. The van der Waals surface area contributed by atoms with Crippen LogP contribution in [0.15, 0.2) is 36.0 Å². The lowest BCUT2D eigenvalue weighted by Crippen LogP contribution is -2.41. The smallest absolute Gasteiger partial charge is 0.265 e. The highest BCUT2D eigenvalue weighted by molar-refractivity contribution is 7.11. The van der Waals surface area contributed by atoms with E-state index in [2.05, 4.69) is 24.0 Å². The van der Waals surface area contributed by atoms with Crippen molar-refractivity contribution < 1.29 is 9.59 Å². The second-order valence-electron chi connectivity index (χ2n) is 8.09. The van der Waals surface area contributed by atoms with Crippen molar-refractivity contribution in [1.29, 1.82) is 0 Å². The van der Waals surface area contributed by atoms with E-state index in [1.807, 2.05) is 40.9 Å². The van der Waals surface area contributed by atoms with Gasteiger partial charge in [-0.2, -0.15) is 0 Å². The fourth-order valence-corrected chi connectivity index (χ4v) is 5.21. The maximum Gasteiger partial charge on any atom is 0.265 e. The van der Waals surface area contributed by atoms with Crippen LogP contribution in [0.4, 0.5) is 0 Å². The molecule has 6 nitrogen and oxygen atoms in total. The summed E-state index contributed by atoms with van der Waals surface area (Å²) in [6.07, 6.45) is 1.65. The lowest BCUT2D eigenvalue weighted by atomic mass is 9.87. The molecule has 0 bridgehead atoms. The monoisotopic (exact) mass is 398 g/mol. The predicted molar refractivity (Wildman–Crippen MR) is 109 cm³/mol. The molecule has 0 saturated carbocycles. The van der Waals surface area contributed by atoms with Crippen LogP contribution in [-0.2, 0) is 4.79 Å². The number of hydrogen-bond donors (Lipinski definition) is 0. The van der Waals surface area contributed by atoms with Crippen molar-refractivity contribution in [2.45, 2.75) is 13.0 Å². The van der Waals surface area contributed by atoms with Gasteiger partial charge in [-0.05, 0) is 32.1 Å². The van der Waals surface area contributed by atoms with Crippen molar-refractivity contribution in [3.63, 3.8) is 0 Å². The van der Waals surface area contributed by atoms with E-state index in [9.17, 15) is 9.59 Å². The first kappa shape index (κ1) is 19.1. The highest BCUT2D eigenvalue weighted by Gasteiger charge is 2.50. The van der Waals surface area contributed by atoms with Gasteiger partial charge in [0.25, 0.3) is 5.91 Å². The standard InChI is InChI=1S/C21H26N4O2S/c1-14-6-4-5-7-16(14)20-17-11-24(21(27)18-8-22-13-28-18)9-15(17)10-25(20)19(26)12-23(2)3/h4-8,13,15,17,20H,9-12H2,1-3H3/t15-,17-,20+/m1/s1. The first-order valence-electron chi connectivity index (χ1n) is 9.63. The molecular weight excluding hydrogens is 372 g/mol. The van der Waals surface area contributed by atoms with Gasteiger partial charge < -0.3 is 14.7 Å². The van der Waals surface area contributed by atoms with E-state index in [0.717, 1.165) is 0 Å². The van der Waals surface area contributed by atoms with E-state index in [0.29, 0.717) is 37.0 Å². The molecule has 2 fully saturated rings. The Morgan fingerprint density at radius 3 is 2.68 bits per heavy atom. The summed E-state index contributed by atoms with van der Waals surface area (Å²) in [5, 5.41) is 0. The quantitative estimate of drug-likeness (QED) is 0.793. The average Bonchev–Trinajstić information content (AvgIpc) is 3.37. The zero-order chi connectivity index (χ0) is 19.8. The highest BCUT2D eigenvalue weighted by atomic mass is 32.1. The van der Waals surface area contributed by atoms with Gasteiger partial charge in [0.05, 0.1) is 24.3 Å². The zero-order valence-corrected chi connectivity index (χ0v) is 17.4. The van der Waals surface area contributed by atoms with Gasteiger partial charge >= 0.3 is 0 Å². The van der Waals surface area contributed by atoms with E-state index in [-0.39, 0.29) is 23.8 Å². The van der Waals surface area contributed by atoms with Crippen LogP contribution in [0.3, 0.4) is 0 Å². The molecule has 1 aromatic carbocycles. The Labute approximate surface area is 169 Å². The van der Waals surface area contributed by atoms with E-state index >= 15 is 0 Å². The summed E-state index contributed by atoms with van der Waals surface area (Å²) in [7, 11) is 3.85. The van der Waals surface area contributed by atoms with E-state index in [1.54, 1.807) is 11.7 Å². The fourth-order valence-electron chi connectivity index (χ4n) is 4.62. The number of aryl methyl sites for hydroxylation is 1. The van der Waals surface area contributed by atoms with Crippen LogP contribution < -0.4 is 0 Å². The third kappa shape index (κ3) is 3.44. The second kappa shape index (κ2) is 7.64. The minimum atomic E-state index is 0.0258. The number of fused-ring (bicyclic) bond motifs is 1. The molecule has 2 aromatic rings. The van der Waals surface area contributed by atoms with Crippen LogP contribution in [0.1, 0.15) is 26.8 Å². The number of aromatic nitrogens is 1. The Kier molecular flexibility index (Phi) is 5.21. The average molecular weight is 399 g/mol.